The molecule has 0 bridgehead atoms. The molecule has 6 aromatic carbocycles. The van der Waals surface area contributed by atoms with Crippen LogP contribution >= 0.6 is 0 Å². The Balaban J connectivity index is 1.56. The van der Waals surface area contributed by atoms with Gasteiger partial charge in [-0.3, -0.25) is 0 Å². The summed E-state index contributed by atoms with van der Waals surface area (Å²) in [6.07, 6.45) is 0. The van der Waals surface area contributed by atoms with Crippen LogP contribution in [0.3, 0.4) is 0 Å². The quantitative estimate of drug-likeness (QED) is 0.0811. The van der Waals surface area contributed by atoms with Gasteiger partial charge in [-0.1, -0.05) is 149 Å². The van der Waals surface area contributed by atoms with Crippen molar-refractivity contribution in [2.24, 2.45) is 0 Å². The first kappa shape index (κ1) is 41.5. The lowest BCUT2D eigenvalue weighted by molar-refractivity contribution is 0.393. The van der Waals surface area contributed by atoms with Crippen LogP contribution in [-0.4, -0.2) is 46.5 Å². The SMILES string of the molecule is COc1cc(C[SiH](O[SiH](Cc2cc(OC)cc(OC)c2)C(C)(C)C(c2ccccc2)c2ccccc2)C(C)(C)C(c2ccccc2)c2ccccc2)cc(OC)c1. The summed E-state index contributed by atoms with van der Waals surface area (Å²) in [5.74, 6) is 3.31. The minimum atomic E-state index is -2.31. The Morgan fingerprint density at radius 1 is 0.386 bits per heavy atom. The highest BCUT2D eigenvalue weighted by molar-refractivity contribution is 6.69. The number of benzene rings is 6. The van der Waals surface area contributed by atoms with Crippen LogP contribution in [0.15, 0.2) is 158 Å². The van der Waals surface area contributed by atoms with E-state index in [-0.39, 0.29) is 21.9 Å². The van der Waals surface area contributed by atoms with Crippen LogP contribution < -0.4 is 18.9 Å². The van der Waals surface area contributed by atoms with E-state index in [2.05, 4.69) is 173 Å². The molecule has 2 atom stereocenters. The minimum absolute atomic E-state index is 0.0952. The molecular formula is C50H58O5Si2. The topological polar surface area (TPSA) is 46.2 Å². The lowest BCUT2D eigenvalue weighted by Crippen LogP contribution is -2.48. The van der Waals surface area contributed by atoms with Gasteiger partial charge in [-0.2, -0.15) is 0 Å². The summed E-state index contributed by atoms with van der Waals surface area (Å²) in [6, 6.07) is 58.0. The minimum Gasteiger partial charge on any atom is -0.497 e. The van der Waals surface area contributed by atoms with Gasteiger partial charge in [0.05, 0.1) is 28.4 Å². The molecular weight excluding hydrogens is 737 g/mol. The van der Waals surface area contributed by atoms with Gasteiger partial charge in [-0.25, -0.2) is 0 Å². The summed E-state index contributed by atoms with van der Waals surface area (Å²) >= 11 is 0. The van der Waals surface area contributed by atoms with Crippen molar-refractivity contribution in [3.05, 3.63) is 191 Å². The Hall–Kier alpha value is -5.09. The van der Waals surface area contributed by atoms with Crippen LogP contribution in [0.4, 0.5) is 0 Å². The molecule has 0 saturated heterocycles. The lowest BCUT2D eigenvalue weighted by atomic mass is 9.82. The molecule has 6 aromatic rings. The summed E-state index contributed by atoms with van der Waals surface area (Å²) in [7, 11) is 2.25. The largest absolute Gasteiger partial charge is 0.497 e. The van der Waals surface area contributed by atoms with Crippen LogP contribution in [0.2, 0.25) is 10.1 Å². The first-order chi connectivity index (χ1) is 27.6. The highest BCUT2D eigenvalue weighted by atomic mass is 28.4. The fraction of sp³-hybridized carbons (Fsp3) is 0.280. The fourth-order valence-corrected chi connectivity index (χ4v) is 17.7. The first-order valence-electron chi connectivity index (χ1n) is 19.9. The van der Waals surface area contributed by atoms with E-state index in [4.69, 9.17) is 23.1 Å². The zero-order chi connectivity index (χ0) is 40.4. The molecule has 6 rings (SSSR count). The number of hydrogen-bond acceptors (Lipinski definition) is 5. The van der Waals surface area contributed by atoms with E-state index in [1.807, 2.05) is 12.1 Å². The van der Waals surface area contributed by atoms with Crippen molar-refractivity contribution in [3.8, 4) is 23.0 Å². The van der Waals surface area contributed by atoms with Crippen LogP contribution in [0.5, 0.6) is 23.0 Å². The van der Waals surface area contributed by atoms with Crippen molar-refractivity contribution in [1.29, 1.82) is 0 Å². The molecule has 0 N–H and O–H groups in total. The zero-order valence-corrected chi connectivity index (χ0v) is 37.1. The Kier molecular flexibility index (Phi) is 13.8. The molecule has 57 heavy (non-hydrogen) atoms. The Labute approximate surface area is 344 Å². The monoisotopic (exact) mass is 794 g/mol. The van der Waals surface area contributed by atoms with Gasteiger partial charge in [0.25, 0.3) is 0 Å². The predicted octanol–water partition coefficient (Wildman–Crippen LogP) is 11.3. The maximum atomic E-state index is 8.24. The predicted molar refractivity (Wildman–Crippen MR) is 239 cm³/mol. The van der Waals surface area contributed by atoms with Crippen LogP contribution in [0.25, 0.3) is 0 Å². The number of hydrogen-bond donors (Lipinski definition) is 0. The zero-order valence-electron chi connectivity index (χ0n) is 34.8. The van der Waals surface area contributed by atoms with Gasteiger partial charge in [0.15, 0.2) is 18.1 Å². The Morgan fingerprint density at radius 2 is 0.632 bits per heavy atom. The highest BCUT2D eigenvalue weighted by Gasteiger charge is 2.47. The lowest BCUT2D eigenvalue weighted by Gasteiger charge is -2.47. The van der Waals surface area contributed by atoms with Gasteiger partial charge >= 0.3 is 0 Å². The van der Waals surface area contributed by atoms with Gasteiger partial charge in [0.2, 0.25) is 0 Å². The van der Waals surface area contributed by atoms with E-state index in [9.17, 15) is 0 Å². The average molecular weight is 795 g/mol. The standard InChI is InChI=1S/C50H58O5Si2/c1-49(2,47(39-21-13-9-14-22-39)40-23-15-10-16-24-40)56(35-37-29-43(51-5)33-44(30-37)52-6)55-57(36-38-31-45(53-7)34-46(32-38)54-8)50(3,4)48(41-25-17-11-18-26-41)42-27-19-12-20-28-42/h9-34,47-48,56-57H,35-36H2,1-8H3. The third-order valence-corrected chi connectivity index (χ3v) is 20.0. The molecule has 0 aromatic heterocycles. The second-order valence-corrected chi connectivity index (χ2v) is 23.0. The summed E-state index contributed by atoms with van der Waals surface area (Å²) in [4.78, 5) is 0. The smallest absolute Gasteiger partial charge is 0.173 e. The summed E-state index contributed by atoms with van der Waals surface area (Å²) in [6.45, 7) is 9.80. The van der Waals surface area contributed by atoms with E-state index in [0.717, 1.165) is 46.2 Å². The maximum absolute atomic E-state index is 8.24. The van der Waals surface area contributed by atoms with Crippen molar-refractivity contribution in [1.82, 2.24) is 0 Å². The van der Waals surface area contributed by atoms with Gasteiger partial charge in [0.1, 0.15) is 23.0 Å². The van der Waals surface area contributed by atoms with Crippen LogP contribution in [-0.2, 0) is 16.2 Å². The third-order valence-electron chi connectivity index (χ3n) is 11.7. The molecule has 2 unspecified atom stereocenters. The van der Waals surface area contributed by atoms with E-state index in [1.54, 1.807) is 28.4 Å². The molecule has 0 aliphatic heterocycles. The van der Waals surface area contributed by atoms with E-state index < -0.39 is 18.1 Å². The summed E-state index contributed by atoms with van der Waals surface area (Å²) in [5, 5.41) is -0.525. The third kappa shape index (κ3) is 9.90. The fourth-order valence-electron chi connectivity index (χ4n) is 8.62. The molecule has 0 fully saturated rings. The number of ether oxygens (including phenoxy) is 4. The highest BCUT2D eigenvalue weighted by Crippen LogP contribution is 2.54. The van der Waals surface area contributed by atoms with E-state index in [0.29, 0.717) is 0 Å². The molecule has 0 aliphatic carbocycles. The van der Waals surface area contributed by atoms with Gasteiger partial charge < -0.3 is 23.1 Å². The van der Waals surface area contributed by atoms with Gasteiger partial charge in [-0.15, -0.1) is 0 Å². The van der Waals surface area contributed by atoms with Gasteiger partial charge in [0, 0.05) is 24.0 Å². The average Bonchev–Trinajstić information content (AvgIpc) is 3.24. The Morgan fingerprint density at radius 3 is 0.860 bits per heavy atom. The normalized spacial score (nSPS) is 12.9. The number of methoxy groups -OCH3 is 4. The van der Waals surface area contributed by atoms with E-state index in [1.165, 1.54) is 22.3 Å². The summed E-state index contributed by atoms with van der Waals surface area (Å²) < 4.78 is 31.5. The van der Waals surface area contributed by atoms with Crippen molar-refractivity contribution < 1.29 is 23.1 Å². The molecule has 7 heteroatoms. The second-order valence-electron chi connectivity index (χ2n) is 16.1. The molecule has 0 radical (unpaired) electrons. The summed E-state index contributed by atoms with van der Waals surface area (Å²) in [5.41, 5.74) is 7.48. The first-order valence-corrected chi connectivity index (χ1v) is 23.6. The molecule has 296 valence electrons. The molecule has 5 nitrogen and oxygen atoms in total. The molecule has 0 heterocycles. The Bertz CT molecular complexity index is 1860. The van der Waals surface area contributed by atoms with Crippen molar-refractivity contribution in [3.63, 3.8) is 0 Å². The molecule has 0 amide bonds. The van der Waals surface area contributed by atoms with Crippen molar-refractivity contribution >= 4 is 18.1 Å². The molecule has 0 spiro atoms. The van der Waals surface area contributed by atoms with E-state index >= 15 is 0 Å². The molecule has 0 aliphatic rings. The van der Waals surface area contributed by atoms with Gasteiger partial charge in [-0.05, 0) is 79.8 Å². The van der Waals surface area contributed by atoms with Crippen molar-refractivity contribution in [2.75, 3.05) is 28.4 Å². The van der Waals surface area contributed by atoms with Crippen molar-refractivity contribution in [2.45, 2.75) is 61.7 Å². The van der Waals surface area contributed by atoms with Crippen LogP contribution in [0.1, 0.15) is 72.9 Å². The second kappa shape index (κ2) is 18.9. The maximum Gasteiger partial charge on any atom is 0.173 e. The number of rotatable bonds is 18. The van der Waals surface area contributed by atoms with Crippen LogP contribution in [0, 0.1) is 0 Å². The molecule has 0 saturated carbocycles.